The third kappa shape index (κ3) is 6.88. The number of benzene rings is 7. The molecule has 7 aromatic rings. The highest BCUT2D eigenvalue weighted by Gasteiger charge is 2.53. The number of fused-ring (bicyclic) bond motifs is 12. The van der Waals surface area contributed by atoms with Crippen LogP contribution in [0.2, 0.25) is 0 Å². The smallest absolute Gasteiger partial charge is 0.0719 e. The molecular formula is C62H55N. The van der Waals surface area contributed by atoms with Gasteiger partial charge in [-0.05, 0) is 133 Å². The first-order chi connectivity index (χ1) is 30.7. The Morgan fingerprint density at radius 2 is 1.00 bits per heavy atom. The molecule has 0 bridgehead atoms. The highest BCUT2D eigenvalue weighted by atomic mass is 14.8. The summed E-state index contributed by atoms with van der Waals surface area (Å²) in [7, 11) is 0. The predicted octanol–water partition coefficient (Wildman–Crippen LogP) is 16.0. The van der Waals surface area contributed by atoms with Gasteiger partial charge in [-0.3, -0.25) is 0 Å². The van der Waals surface area contributed by atoms with Crippen molar-refractivity contribution in [2.75, 3.05) is 5.32 Å². The first-order valence-corrected chi connectivity index (χ1v) is 22.6. The van der Waals surface area contributed by atoms with Crippen LogP contribution in [0.5, 0.6) is 0 Å². The largest absolute Gasteiger partial charge is 0.362 e. The van der Waals surface area contributed by atoms with Crippen LogP contribution in [0.1, 0.15) is 91.1 Å². The molecular weight excluding hydrogens is 759 g/mol. The van der Waals surface area contributed by atoms with Crippen molar-refractivity contribution in [3.63, 3.8) is 0 Å². The minimum Gasteiger partial charge on any atom is -0.362 e. The van der Waals surface area contributed by atoms with Crippen LogP contribution < -0.4 is 5.32 Å². The van der Waals surface area contributed by atoms with Gasteiger partial charge in [0.15, 0.2) is 0 Å². The molecule has 0 unspecified atom stereocenters. The standard InChI is InChI=1S/C53H45N.C9H10/c1-51(2)45-19-11-13-21-47(45)53(48-22-14-12-20-46(48)51)43-18-10-9-17-39(43)42-32-36(26-30-44(42)53)37-25-28-40-41-29-27-38(34-50(41)52(3,4)49(40)33-37)54-31-15-7-5-6-8-16-35-23-24-35;1-2-6-9-7-4-3-5-8-9/h5-15,17-35,54H,16H2,1-4H3;2-8H,1H3/b7-5+,8-6+,31-15+;6-2-. The first-order valence-electron chi connectivity index (χ1n) is 22.6. The maximum Gasteiger partial charge on any atom is 0.0719 e. The van der Waals surface area contributed by atoms with E-state index in [-0.39, 0.29) is 16.2 Å². The Bertz CT molecular complexity index is 2960. The van der Waals surface area contributed by atoms with Gasteiger partial charge in [0.1, 0.15) is 0 Å². The fourth-order valence-corrected chi connectivity index (χ4v) is 10.7. The van der Waals surface area contributed by atoms with Crippen LogP contribution in [0.4, 0.5) is 5.69 Å². The van der Waals surface area contributed by atoms with E-state index in [1.807, 2.05) is 37.4 Å². The van der Waals surface area contributed by atoms with Crippen LogP contribution in [-0.2, 0) is 16.2 Å². The van der Waals surface area contributed by atoms with Crippen molar-refractivity contribution in [3.8, 4) is 33.4 Å². The molecule has 63 heavy (non-hydrogen) atoms. The highest BCUT2D eigenvalue weighted by molar-refractivity contribution is 5.91. The summed E-state index contributed by atoms with van der Waals surface area (Å²) < 4.78 is 0. The summed E-state index contributed by atoms with van der Waals surface area (Å²) in [4.78, 5) is 0. The molecule has 4 aliphatic rings. The number of hydrogen-bond donors (Lipinski definition) is 1. The van der Waals surface area contributed by atoms with Gasteiger partial charge < -0.3 is 5.32 Å². The molecule has 0 saturated carbocycles. The Morgan fingerprint density at radius 1 is 0.460 bits per heavy atom. The maximum absolute atomic E-state index is 3.50. The van der Waals surface area contributed by atoms with E-state index in [2.05, 4.69) is 221 Å². The molecule has 0 fully saturated rings. The Kier molecular flexibility index (Phi) is 10.2. The van der Waals surface area contributed by atoms with Crippen LogP contribution in [0.3, 0.4) is 0 Å². The summed E-state index contributed by atoms with van der Waals surface area (Å²) in [5, 5.41) is 3.50. The van der Waals surface area contributed by atoms with Gasteiger partial charge in [-0.15, -0.1) is 0 Å². The molecule has 0 aromatic heterocycles. The normalized spacial score (nSPS) is 16.4. The fraction of sp³-hybridized carbons (Fsp3) is 0.161. The van der Waals surface area contributed by atoms with Crippen molar-refractivity contribution < 1.29 is 0 Å². The van der Waals surface area contributed by atoms with E-state index < -0.39 is 0 Å². The quantitative estimate of drug-likeness (QED) is 0.119. The van der Waals surface area contributed by atoms with Gasteiger partial charge in [0.25, 0.3) is 0 Å². The zero-order chi connectivity index (χ0) is 43.2. The van der Waals surface area contributed by atoms with E-state index in [9.17, 15) is 0 Å². The number of allylic oxidation sites excluding steroid dienone is 8. The Balaban J connectivity index is 0.000000469. The molecule has 0 heterocycles. The Hall–Kier alpha value is -6.96. The van der Waals surface area contributed by atoms with Gasteiger partial charge in [0.2, 0.25) is 0 Å². The van der Waals surface area contributed by atoms with Crippen LogP contribution in [0.25, 0.3) is 39.5 Å². The summed E-state index contributed by atoms with van der Waals surface area (Å²) >= 11 is 0. The second-order valence-corrected chi connectivity index (χ2v) is 18.4. The van der Waals surface area contributed by atoms with E-state index in [0.29, 0.717) is 5.92 Å². The lowest BCUT2D eigenvalue weighted by atomic mass is 9.55. The molecule has 0 amide bonds. The lowest BCUT2D eigenvalue weighted by Gasteiger charge is -2.46. The lowest BCUT2D eigenvalue weighted by molar-refractivity contribution is 0.563. The van der Waals surface area contributed by atoms with Crippen molar-refractivity contribution in [1.82, 2.24) is 0 Å². The fourth-order valence-electron chi connectivity index (χ4n) is 10.7. The van der Waals surface area contributed by atoms with E-state index in [1.165, 1.54) is 83.5 Å². The number of hydrogen-bond acceptors (Lipinski definition) is 1. The molecule has 1 N–H and O–H groups in total. The molecule has 7 aromatic carbocycles. The average Bonchev–Trinajstić information content (AvgIpc) is 4.06. The molecule has 4 aliphatic carbocycles. The molecule has 0 atom stereocenters. The molecule has 0 saturated heterocycles. The van der Waals surface area contributed by atoms with Gasteiger partial charge in [0, 0.05) is 22.7 Å². The van der Waals surface area contributed by atoms with Gasteiger partial charge in [-0.1, -0.05) is 210 Å². The lowest BCUT2D eigenvalue weighted by Crippen LogP contribution is -2.40. The second-order valence-electron chi connectivity index (χ2n) is 18.4. The van der Waals surface area contributed by atoms with E-state index in [0.717, 1.165) is 12.1 Å². The van der Waals surface area contributed by atoms with Crippen molar-refractivity contribution in [1.29, 1.82) is 0 Å². The first kappa shape index (κ1) is 40.1. The number of rotatable bonds is 8. The van der Waals surface area contributed by atoms with Gasteiger partial charge >= 0.3 is 0 Å². The average molecular weight is 814 g/mol. The van der Waals surface area contributed by atoms with E-state index >= 15 is 0 Å². The topological polar surface area (TPSA) is 12.0 Å². The summed E-state index contributed by atoms with van der Waals surface area (Å²) in [6.07, 6.45) is 22.3. The minimum atomic E-state index is -0.365. The molecule has 308 valence electrons. The zero-order valence-electron chi connectivity index (χ0n) is 37.1. The van der Waals surface area contributed by atoms with Gasteiger partial charge in [-0.2, -0.15) is 0 Å². The third-order valence-electron chi connectivity index (χ3n) is 13.9. The summed E-state index contributed by atoms with van der Waals surface area (Å²) in [5.41, 5.74) is 20.8. The van der Waals surface area contributed by atoms with Crippen LogP contribution in [-0.4, -0.2) is 0 Å². The van der Waals surface area contributed by atoms with Crippen LogP contribution >= 0.6 is 0 Å². The molecule has 1 heteroatoms. The van der Waals surface area contributed by atoms with Crippen molar-refractivity contribution in [3.05, 3.63) is 263 Å². The maximum atomic E-state index is 3.50. The van der Waals surface area contributed by atoms with Crippen LogP contribution in [0.15, 0.2) is 213 Å². The molecule has 0 radical (unpaired) electrons. The molecule has 0 aliphatic heterocycles. The monoisotopic (exact) mass is 813 g/mol. The van der Waals surface area contributed by atoms with Crippen molar-refractivity contribution in [2.24, 2.45) is 5.92 Å². The Labute approximate surface area is 374 Å². The second kappa shape index (κ2) is 16.1. The van der Waals surface area contributed by atoms with E-state index in [1.54, 1.807) is 0 Å². The SMILES string of the molecule is C/C=C\c1ccccc1.CC1(C)c2cc(N/C=C/C=C/C=C/CC3C=C3)ccc2-c2ccc(-c3ccc4c(c3)-c3ccccc3C43c4ccccc4C(C)(C)c4ccccc43)cc21. The van der Waals surface area contributed by atoms with E-state index in [4.69, 9.17) is 0 Å². The van der Waals surface area contributed by atoms with Crippen molar-refractivity contribution in [2.45, 2.75) is 57.3 Å². The summed E-state index contributed by atoms with van der Waals surface area (Å²) in [6, 6.07) is 59.0. The summed E-state index contributed by atoms with van der Waals surface area (Å²) in [6.45, 7) is 11.5. The number of anilines is 1. The Morgan fingerprint density at radius 3 is 1.70 bits per heavy atom. The molecule has 11 rings (SSSR count). The molecule has 1 spiro atoms. The molecule has 1 nitrogen and oxygen atoms in total. The van der Waals surface area contributed by atoms with Crippen molar-refractivity contribution >= 4 is 11.8 Å². The number of nitrogens with one attached hydrogen (secondary N) is 1. The predicted molar refractivity (Wildman–Crippen MR) is 268 cm³/mol. The third-order valence-corrected chi connectivity index (χ3v) is 13.9. The van der Waals surface area contributed by atoms with Crippen LogP contribution in [0, 0.1) is 5.92 Å². The zero-order valence-corrected chi connectivity index (χ0v) is 37.1. The summed E-state index contributed by atoms with van der Waals surface area (Å²) in [5.74, 6) is 0.686. The highest BCUT2D eigenvalue weighted by Crippen LogP contribution is 2.62. The van der Waals surface area contributed by atoms with Gasteiger partial charge in [0.05, 0.1) is 5.41 Å². The van der Waals surface area contributed by atoms with Gasteiger partial charge in [-0.25, -0.2) is 0 Å². The minimum absolute atomic E-state index is 0.0970.